The number of benzene rings is 2. The largest absolute Gasteiger partial charge is 0.379 e. The molecule has 0 amide bonds. The molecule has 0 unspecified atom stereocenters. The second-order valence-electron chi connectivity index (χ2n) is 7.14. The molecular weight excluding hydrogens is 408 g/mol. The van der Waals surface area contributed by atoms with E-state index < -0.39 is 14.9 Å². The van der Waals surface area contributed by atoms with Crippen molar-refractivity contribution in [2.24, 2.45) is 5.10 Å². The van der Waals surface area contributed by atoms with Gasteiger partial charge in [-0.25, -0.2) is 8.42 Å². The van der Waals surface area contributed by atoms with Gasteiger partial charge < -0.3 is 4.74 Å². The zero-order valence-electron chi connectivity index (χ0n) is 16.3. The molecule has 158 valence electrons. The van der Waals surface area contributed by atoms with Crippen LogP contribution in [0.3, 0.4) is 0 Å². The van der Waals surface area contributed by atoms with Gasteiger partial charge in [-0.05, 0) is 30.9 Å². The van der Waals surface area contributed by atoms with Crippen LogP contribution in [0.1, 0.15) is 24.0 Å². The number of aryl methyl sites for hydroxylation is 1. The lowest BCUT2D eigenvalue weighted by molar-refractivity contribution is -0.385. The predicted octanol–water partition coefficient (Wildman–Crippen LogP) is 2.77. The molecule has 1 aliphatic heterocycles. The number of morpholine rings is 1. The van der Waals surface area contributed by atoms with Gasteiger partial charge in [-0.15, -0.1) is 0 Å². The van der Waals surface area contributed by atoms with Gasteiger partial charge >= 0.3 is 0 Å². The molecule has 0 saturated carbocycles. The highest BCUT2D eigenvalue weighted by Gasteiger charge is 2.30. The average Bonchev–Trinajstić information content (AvgIpc) is 2.78. The first-order valence-corrected chi connectivity index (χ1v) is 11.2. The maximum absolute atomic E-state index is 13.2. The molecule has 1 heterocycles. The van der Waals surface area contributed by atoms with Crippen molar-refractivity contribution in [3.8, 4) is 0 Å². The SMILES string of the molecule is O=[N+]([O-])c1ccc(NN=C2CCCc3ccccc32)c(S(=O)(=O)N2CCOCC2)c1. The Labute approximate surface area is 174 Å². The lowest BCUT2D eigenvalue weighted by atomic mass is 9.90. The number of sulfonamides is 1. The van der Waals surface area contributed by atoms with E-state index in [1.54, 1.807) is 0 Å². The number of anilines is 1. The van der Waals surface area contributed by atoms with Crippen molar-refractivity contribution in [2.75, 3.05) is 31.7 Å². The molecule has 1 saturated heterocycles. The van der Waals surface area contributed by atoms with Gasteiger partial charge in [-0.1, -0.05) is 24.3 Å². The first kappa shape index (κ1) is 20.5. The number of nitro groups is 1. The van der Waals surface area contributed by atoms with E-state index in [4.69, 9.17) is 4.74 Å². The molecule has 0 spiro atoms. The summed E-state index contributed by atoms with van der Waals surface area (Å²) < 4.78 is 32.9. The summed E-state index contributed by atoms with van der Waals surface area (Å²) in [6.45, 7) is 0.977. The Morgan fingerprint density at radius 1 is 1.10 bits per heavy atom. The van der Waals surface area contributed by atoms with E-state index in [1.807, 2.05) is 18.2 Å². The summed E-state index contributed by atoms with van der Waals surface area (Å²) in [6, 6.07) is 11.7. The standard InChI is InChI=1S/C20H22N4O5S/c25-24(26)16-8-9-19(20(14-16)30(27,28)23-10-12-29-13-11-23)22-21-18-7-3-5-15-4-1-2-6-17(15)18/h1-2,4,6,8-9,14,22H,3,5,7,10-13H2. The monoisotopic (exact) mass is 430 g/mol. The van der Waals surface area contributed by atoms with Gasteiger partial charge in [0.25, 0.3) is 5.69 Å². The summed E-state index contributed by atoms with van der Waals surface area (Å²) in [5, 5.41) is 15.7. The summed E-state index contributed by atoms with van der Waals surface area (Å²) in [5.41, 5.74) is 5.86. The topological polar surface area (TPSA) is 114 Å². The molecule has 4 rings (SSSR count). The quantitative estimate of drug-likeness (QED) is 0.576. The van der Waals surface area contributed by atoms with Crippen LogP contribution in [0.4, 0.5) is 11.4 Å². The fourth-order valence-electron chi connectivity index (χ4n) is 3.70. The maximum atomic E-state index is 13.2. The molecule has 1 aliphatic carbocycles. The Morgan fingerprint density at radius 2 is 1.87 bits per heavy atom. The number of ether oxygens (including phenoxy) is 1. The Morgan fingerprint density at radius 3 is 2.63 bits per heavy atom. The van der Waals surface area contributed by atoms with Crippen LogP contribution in [-0.2, 0) is 21.2 Å². The van der Waals surface area contributed by atoms with Gasteiger partial charge in [0.15, 0.2) is 0 Å². The smallest absolute Gasteiger partial charge is 0.270 e. The van der Waals surface area contributed by atoms with E-state index in [9.17, 15) is 18.5 Å². The minimum Gasteiger partial charge on any atom is -0.379 e. The summed E-state index contributed by atoms with van der Waals surface area (Å²) in [6.07, 6.45) is 2.70. The highest BCUT2D eigenvalue weighted by Crippen LogP contribution is 2.30. The van der Waals surface area contributed by atoms with Crippen LogP contribution >= 0.6 is 0 Å². The number of hydrogen-bond donors (Lipinski definition) is 1. The second-order valence-corrected chi connectivity index (χ2v) is 9.04. The molecule has 2 aromatic rings. The number of hydrogen-bond acceptors (Lipinski definition) is 7. The van der Waals surface area contributed by atoms with Gasteiger partial charge in [0.1, 0.15) is 4.90 Å². The number of non-ortho nitro benzene ring substituents is 1. The van der Waals surface area contributed by atoms with Gasteiger partial charge in [0, 0.05) is 30.8 Å². The van der Waals surface area contributed by atoms with Crippen molar-refractivity contribution in [3.05, 3.63) is 63.7 Å². The molecular formula is C20H22N4O5S. The molecule has 9 nitrogen and oxygen atoms in total. The number of hydrazone groups is 1. The zero-order chi connectivity index (χ0) is 21.1. The van der Waals surface area contributed by atoms with Crippen molar-refractivity contribution in [1.29, 1.82) is 0 Å². The summed E-state index contributed by atoms with van der Waals surface area (Å²) in [7, 11) is -3.95. The highest BCUT2D eigenvalue weighted by molar-refractivity contribution is 7.89. The van der Waals surface area contributed by atoms with Crippen LogP contribution in [-0.4, -0.2) is 49.7 Å². The normalized spacial score (nSPS) is 18.7. The highest BCUT2D eigenvalue weighted by atomic mass is 32.2. The van der Waals surface area contributed by atoms with Gasteiger partial charge in [0.2, 0.25) is 10.0 Å². The van der Waals surface area contributed by atoms with Crippen molar-refractivity contribution < 1.29 is 18.1 Å². The average molecular weight is 430 g/mol. The third kappa shape index (κ3) is 4.07. The Hall–Kier alpha value is -2.82. The summed E-state index contributed by atoms with van der Waals surface area (Å²) >= 11 is 0. The van der Waals surface area contributed by atoms with Crippen LogP contribution in [0.5, 0.6) is 0 Å². The van der Waals surface area contributed by atoms with E-state index in [-0.39, 0.29) is 42.6 Å². The van der Waals surface area contributed by atoms with Crippen LogP contribution in [0.2, 0.25) is 0 Å². The van der Waals surface area contributed by atoms with E-state index >= 15 is 0 Å². The number of nitrogens with zero attached hydrogens (tertiary/aromatic N) is 3. The molecule has 30 heavy (non-hydrogen) atoms. The molecule has 2 aliphatic rings. The second kappa shape index (κ2) is 8.50. The third-order valence-electron chi connectivity index (χ3n) is 5.26. The summed E-state index contributed by atoms with van der Waals surface area (Å²) in [5.74, 6) is 0. The molecule has 1 N–H and O–H groups in total. The minimum atomic E-state index is -3.95. The first-order chi connectivity index (χ1) is 14.5. The Balaban J connectivity index is 1.71. The lowest BCUT2D eigenvalue weighted by Crippen LogP contribution is -2.40. The van der Waals surface area contributed by atoms with Crippen LogP contribution in [0.25, 0.3) is 0 Å². The molecule has 10 heteroatoms. The fourth-order valence-corrected chi connectivity index (χ4v) is 5.27. The van der Waals surface area contributed by atoms with E-state index in [2.05, 4.69) is 16.6 Å². The van der Waals surface area contributed by atoms with Gasteiger partial charge in [-0.3, -0.25) is 15.5 Å². The van der Waals surface area contributed by atoms with Crippen LogP contribution in [0, 0.1) is 10.1 Å². The summed E-state index contributed by atoms with van der Waals surface area (Å²) in [4.78, 5) is 10.5. The fraction of sp³-hybridized carbons (Fsp3) is 0.350. The van der Waals surface area contributed by atoms with Crippen molar-refractivity contribution in [3.63, 3.8) is 0 Å². The maximum Gasteiger partial charge on any atom is 0.270 e. The predicted molar refractivity (Wildman–Crippen MR) is 112 cm³/mol. The number of rotatable bonds is 5. The third-order valence-corrected chi connectivity index (χ3v) is 7.20. The molecule has 1 fully saturated rings. The Kier molecular flexibility index (Phi) is 5.80. The van der Waals surface area contributed by atoms with Crippen molar-refractivity contribution in [1.82, 2.24) is 4.31 Å². The van der Waals surface area contributed by atoms with Crippen LogP contribution < -0.4 is 5.43 Å². The first-order valence-electron chi connectivity index (χ1n) is 9.74. The molecule has 0 bridgehead atoms. The van der Waals surface area contributed by atoms with Crippen LogP contribution in [0.15, 0.2) is 52.5 Å². The van der Waals surface area contributed by atoms with E-state index in [1.165, 1.54) is 22.0 Å². The molecule has 0 atom stereocenters. The Bertz CT molecular complexity index is 1090. The molecule has 0 aromatic heterocycles. The number of nitrogens with one attached hydrogen (secondary N) is 1. The van der Waals surface area contributed by atoms with E-state index in [0.717, 1.165) is 36.6 Å². The number of nitro benzene ring substituents is 1. The number of fused-ring (bicyclic) bond motifs is 1. The molecule has 2 aromatic carbocycles. The minimum absolute atomic E-state index is 0.160. The zero-order valence-corrected chi connectivity index (χ0v) is 17.1. The van der Waals surface area contributed by atoms with Crippen molar-refractivity contribution >= 4 is 27.1 Å². The molecule has 0 radical (unpaired) electrons. The lowest BCUT2D eigenvalue weighted by Gasteiger charge is -2.26. The van der Waals surface area contributed by atoms with E-state index in [0.29, 0.717) is 0 Å². The van der Waals surface area contributed by atoms with Crippen molar-refractivity contribution in [2.45, 2.75) is 24.2 Å². The van der Waals surface area contributed by atoms with Gasteiger partial charge in [0.05, 0.1) is 29.5 Å². The van der Waals surface area contributed by atoms with Gasteiger partial charge in [-0.2, -0.15) is 9.41 Å².